The predicted molar refractivity (Wildman–Crippen MR) is 243 cm³/mol. The Hall–Kier alpha value is -3.29. The molecule has 0 heterocycles. The van der Waals surface area contributed by atoms with Crippen molar-refractivity contribution in [2.45, 2.75) is 174 Å². The smallest absolute Gasteiger partial charge is 0.462 e. The lowest BCUT2D eigenvalue weighted by Crippen LogP contribution is -2.29. The number of carbonyl (C=O) groups excluding carboxylic acids is 2. The Morgan fingerprint density at radius 1 is 0.448 bits per heavy atom. The molecular formula is C49H79O8P. The summed E-state index contributed by atoms with van der Waals surface area (Å²) >= 11 is 0. The Morgan fingerprint density at radius 3 is 1.21 bits per heavy atom. The highest BCUT2D eigenvalue weighted by Gasteiger charge is 2.22. The van der Waals surface area contributed by atoms with Crippen LogP contribution in [0.4, 0.5) is 0 Å². The lowest BCUT2D eigenvalue weighted by Gasteiger charge is -2.18. The van der Waals surface area contributed by atoms with Crippen molar-refractivity contribution in [3.63, 3.8) is 0 Å². The van der Waals surface area contributed by atoms with Gasteiger partial charge in [-0.3, -0.25) is 14.1 Å². The highest BCUT2D eigenvalue weighted by atomic mass is 31.2. The molecule has 58 heavy (non-hydrogen) atoms. The van der Waals surface area contributed by atoms with Gasteiger partial charge in [-0.25, -0.2) is 4.57 Å². The van der Waals surface area contributed by atoms with Crippen LogP contribution in [0.25, 0.3) is 0 Å². The van der Waals surface area contributed by atoms with Gasteiger partial charge in [0.05, 0.1) is 6.61 Å². The molecule has 328 valence electrons. The SMILES string of the molecule is CC/C=C\C/C=C\C/C=C\C/C=C\C/C=C\CCCC(=O)OC(COC(=O)CCCCCCCCCCCC/C=C\C/C=C\C/C=C\C/C=C\CC)COP(=O)(O)O. The van der Waals surface area contributed by atoms with E-state index in [1.165, 1.54) is 38.5 Å². The molecule has 0 radical (unpaired) electrons. The molecule has 1 unspecified atom stereocenters. The Bertz CT molecular complexity index is 1300. The summed E-state index contributed by atoms with van der Waals surface area (Å²) in [6.45, 7) is 3.40. The van der Waals surface area contributed by atoms with Crippen molar-refractivity contribution < 1.29 is 37.9 Å². The molecule has 0 bridgehead atoms. The number of allylic oxidation sites excluding steroid dienone is 18. The summed E-state index contributed by atoms with van der Waals surface area (Å²) in [5.41, 5.74) is 0. The molecule has 0 aromatic carbocycles. The van der Waals surface area contributed by atoms with Gasteiger partial charge in [0.2, 0.25) is 0 Å². The molecular weight excluding hydrogens is 748 g/mol. The van der Waals surface area contributed by atoms with Gasteiger partial charge < -0.3 is 19.3 Å². The van der Waals surface area contributed by atoms with Crippen LogP contribution >= 0.6 is 7.82 Å². The number of phosphoric ester groups is 1. The van der Waals surface area contributed by atoms with Crippen molar-refractivity contribution >= 4 is 19.8 Å². The molecule has 0 aromatic heterocycles. The Morgan fingerprint density at radius 2 is 0.793 bits per heavy atom. The van der Waals surface area contributed by atoms with Crippen LogP contribution in [0.5, 0.6) is 0 Å². The second-order valence-electron chi connectivity index (χ2n) is 14.3. The van der Waals surface area contributed by atoms with E-state index in [1.807, 2.05) is 12.2 Å². The minimum atomic E-state index is -4.78. The molecule has 0 aliphatic rings. The van der Waals surface area contributed by atoms with Crippen LogP contribution in [0.1, 0.15) is 168 Å². The maximum Gasteiger partial charge on any atom is 0.469 e. The van der Waals surface area contributed by atoms with E-state index in [0.717, 1.165) is 83.5 Å². The molecule has 0 aliphatic heterocycles. The number of ether oxygens (including phenoxy) is 2. The first-order chi connectivity index (χ1) is 28.3. The number of unbranched alkanes of at least 4 members (excludes halogenated alkanes) is 11. The fraction of sp³-hybridized carbons (Fsp3) is 0.592. The molecule has 0 aromatic rings. The van der Waals surface area contributed by atoms with Crippen molar-refractivity contribution in [2.75, 3.05) is 13.2 Å². The van der Waals surface area contributed by atoms with Crippen LogP contribution in [0.3, 0.4) is 0 Å². The molecule has 0 saturated carbocycles. The topological polar surface area (TPSA) is 119 Å². The van der Waals surface area contributed by atoms with Gasteiger partial charge in [0.25, 0.3) is 0 Å². The molecule has 1 atom stereocenters. The lowest BCUT2D eigenvalue weighted by molar-refractivity contribution is -0.161. The van der Waals surface area contributed by atoms with Gasteiger partial charge in [0.1, 0.15) is 6.61 Å². The summed E-state index contributed by atoms with van der Waals surface area (Å²) in [4.78, 5) is 42.9. The van der Waals surface area contributed by atoms with Crippen molar-refractivity contribution in [1.29, 1.82) is 0 Å². The Kier molecular flexibility index (Phi) is 40.8. The van der Waals surface area contributed by atoms with Crippen LogP contribution in [-0.4, -0.2) is 41.0 Å². The van der Waals surface area contributed by atoms with Crippen LogP contribution in [-0.2, 0) is 28.2 Å². The molecule has 9 heteroatoms. The minimum absolute atomic E-state index is 0.126. The number of rotatable bonds is 39. The zero-order valence-corrected chi connectivity index (χ0v) is 37.0. The first-order valence-electron chi connectivity index (χ1n) is 22.2. The van der Waals surface area contributed by atoms with E-state index in [1.54, 1.807) is 0 Å². The summed E-state index contributed by atoms with van der Waals surface area (Å²) in [7, 11) is -4.78. The number of hydrogen-bond donors (Lipinski definition) is 2. The predicted octanol–water partition coefficient (Wildman–Crippen LogP) is 14.0. The first kappa shape index (κ1) is 54.7. The first-order valence-corrected chi connectivity index (χ1v) is 23.7. The highest BCUT2D eigenvalue weighted by Crippen LogP contribution is 2.36. The zero-order chi connectivity index (χ0) is 42.5. The Balaban J connectivity index is 3.98. The second kappa shape index (κ2) is 43.3. The van der Waals surface area contributed by atoms with Crippen LogP contribution in [0.2, 0.25) is 0 Å². The van der Waals surface area contributed by atoms with Gasteiger partial charge in [-0.15, -0.1) is 0 Å². The van der Waals surface area contributed by atoms with Gasteiger partial charge in [-0.05, 0) is 89.9 Å². The average molecular weight is 827 g/mol. The molecule has 0 amide bonds. The van der Waals surface area contributed by atoms with Crippen LogP contribution in [0.15, 0.2) is 109 Å². The quantitative estimate of drug-likeness (QED) is 0.0272. The molecule has 0 rings (SSSR count). The number of hydrogen-bond acceptors (Lipinski definition) is 6. The molecule has 0 spiro atoms. The summed E-state index contributed by atoms with van der Waals surface area (Å²) in [6, 6.07) is 0. The van der Waals surface area contributed by atoms with E-state index >= 15 is 0 Å². The normalized spacial score (nSPS) is 13.5. The van der Waals surface area contributed by atoms with E-state index in [-0.39, 0.29) is 19.4 Å². The number of phosphoric acid groups is 1. The fourth-order valence-electron chi connectivity index (χ4n) is 5.58. The maximum atomic E-state index is 12.4. The van der Waals surface area contributed by atoms with E-state index in [4.69, 9.17) is 19.3 Å². The molecule has 0 saturated heterocycles. The molecule has 0 fully saturated rings. The van der Waals surface area contributed by atoms with Gasteiger partial charge >= 0.3 is 19.8 Å². The van der Waals surface area contributed by atoms with Crippen LogP contribution < -0.4 is 0 Å². The van der Waals surface area contributed by atoms with Crippen molar-refractivity contribution in [3.05, 3.63) is 109 Å². The van der Waals surface area contributed by atoms with Crippen molar-refractivity contribution in [2.24, 2.45) is 0 Å². The summed E-state index contributed by atoms with van der Waals surface area (Å²) in [6.07, 6.45) is 61.0. The monoisotopic (exact) mass is 827 g/mol. The van der Waals surface area contributed by atoms with Crippen molar-refractivity contribution in [3.8, 4) is 0 Å². The zero-order valence-electron chi connectivity index (χ0n) is 36.1. The summed E-state index contributed by atoms with van der Waals surface area (Å²) < 4.78 is 26.4. The third-order valence-corrected chi connectivity index (χ3v) is 9.27. The largest absolute Gasteiger partial charge is 0.469 e. The van der Waals surface area contributed by atoms with E-state index in [0.29, 0.717) is 19.3 Å². The standard InChI is InChI=1S/C49H79O8P/c1-3-5-7-9-11-13-15-17-19-21-22-23-24-25-26-28-29-31-33-35-37-39-41-43-48(50)55-45-47(46-56-58(52,53)54)57-49(51)44-42-40-38-36-34-32-30-27-20-18-16-14-12-10-8-6-4-2/h5-8,11-14,17-20,22-23,30,32,36,38,47H,3-4,9-10,15-16,21,24-29,31,33-35,37,39-46H2,1-2H3,(H2,52,53,54)/b7-5-,8-6-,13-11-,14-12-,19-17-,20-18-,23-22-,32-30-,38-36-. The second-order valence-corrected chi connectivity index (χ2v) is 15.5. The summed E-state index contributed by atoms with van der Waals surface area (Å²) in [5.74, 6) is -0.967. The van der Waals surface area contributed by atoms with E-state index in [2.05, 4.69) is 116 Å². The van der Waals surface area contributed by atoms with E-state index in [9.17, 15) is 14.2 Å². The van der Waals surface area contributed by atoms with Crippen LogP contribution in [0, 0.1) is 0 Å². The van der Waals surface area contributed by atoms with Gasteiger partial charge in [0, 0.05) is 12.8 Å². The maximum absolute atomic E-state index is 12.4. The molecule has 2 N–H and O–H groups in total. The summed E-state index contributed by atoms with van der Waals surface area (Å²) in [5, 5.41) is 0. The number of esters is 2. The van der Waals surface area contributed by atoms with Gasteiger partial charge in [0.15, 0.2) is 6.10 Å². The highest BCUT2D eigenvalue weighted by molar-refractivity contribution is 7.46. The number of carbonyl (C=O) groups is 2. The van der Waals surface area contributed by atoms with Gasteiger partial charge in [-0.1, -0.05) is 175 Å². The average Bonchev–Trinajstić information content (AvgIpc) is 3.20. The van der Waals surface area contributed by atoms with Crippen molar-refractivity contribution in [1.82, 2.24) is 0 Å². The van der Waals surface area contributed by atoms with Gasteiger partial charge in [-0.2, -0.15) is 0 Å². The third-order valence-electron chi connectivity index (χ3n) is 8.79. The van der Waals surface area contributed by atoms with E-state index < -0.39 is 32.5 Å². The fourth-order valence-corrected chi connectivity index (χ4v) is 5.94. The molecule has 0 aliphatic carbocycles. The minimum Gasteiger partial charge on any atom is -0.462 e. The molecule has 8 nitrogen and oxygen atoms in total. The Labute approximate surface area is 353 Å². The third kappa shape index (κ3) is 45.4. The lowest BCUT2D eigenvalue weighted by atomic mass is 10.1.